The summed E-state index contributed by atoms with van der Waals surface area (Å²) in [4.78, 5) is 10.4. The Morgan fingerprint density at radius 2 is 2.37 bits per heavy atom. The zero-order valence-corrected chi connectivity index (χ0v) is 10.5. The van der Waals surface area contributed by atoms with Crippen LogP contribution in [0.25, 0.3) is 11.6 Å². The van der Waals surface area contributed by atoms with E-state index in [2.05, 4.69) is 20.0 Å². The van der Waals surface area contributed by atoms with Gasteiger partial charge in [-0.3, -0.25) is 0 Å². The first-order valence-corrected chi connectivity index (χ1v) is 6.02. The maximum atomic E-state index is 9.70. The van der Waals surface area contributed by atoms with Crippen LogP contribution in [-0.2, 0) is 4.74 Å². The van der Waals surface area contributed by atoms with Crippen molar-refractivity contribution >= 4 is 0 Å². The molecule has 1 atom stereocenters. The van der Waals surface area contributed by atoms with E-state index in [9.17, 15) is 5.11 Å². The van der Waals surface area contributed by atoms with Gasteiger partial charge in [-0.25, -0.2) is 4.98 Å². The van der Waals surface area contributed by atoms with Crippen molar-refractivity contribution in [3.8, 4) is 17.3 Å². The van der Waals surface area contributed by atoms with Gasteiger partial charge in [-0.2, -0.15) is 4.98 Å². The molecule has 1 unspecified atom stereocenters. The molecule has 0 aromatic carbocycles. The Labute approximate surface area is 109 Å². The van der Waals surface area contributed by atoms with E-state index in [0.29, 0.717) is 19.0 Å². The molecule has 3 heterocycles. The second kappa shape index (κ2) is 4.94. The average Bonchev–Trinajstić information content (AvgIpc) is 2.89. The van der Waals surface area contributed by atoms with Crippen LogP contribution in [0.2, 0.25) is 0 Å². The minimum Gasteiger partial charge on any atom is -0.505 e. The largest absolute Gasteiger partial charge is 0.505 e. The van der Waals surface area contributed by atoms with Gasteiger partial charge in [-0.1, -0.05) is 5.16 Å². The number of hydrogen-bond acceptors (Lipinski definition) is 7. The zero-order valence-electron chi connectivity index (χ0n) is 10.5. The Hall–Kier alpha value is -1.99. The highest BCUT2D eigenvalue weighted by atomic mass is 16.5. The van der Waals surface area contributed by atoms with Crippen molar-refractivity contribution in [1.29, 1.82) is 0 Å². The van der Waals surface area contributed by atoms with Gasteiger partial charge in [0.1, 0.15) is 11.9 Å². The minimum absolute atomic E-state index is 0.0133. The van der Waals surface area contributed by atoms with Crippen molar-refractivity contribution in [2.24, 2.45) is 0 Å². The number of aromatic nitrogens is 3. The quantitative estimate of drug-likeness (QED) is 0.858. The average molecular weight is 262 g/mol. The Bertz CT molecular complexity index is 572. The number of ether oxygens (including phenoxy) is 1. The first-order valence-electron chi connectivity index (χ1n) is 6.02. The molecular formula is C12H14N4O3. The normalized spacial score (nSPS) is 20.6. The third kappa shape index (κ3) is 2.42. The molecule has 1 aliphatic rings. The second-order valence-electron chi connectivity index (χ2n) is 4.45. The van der Waals surface area contributed by atoms with Crippen LogP contribution in [-0.4, -0.2) is 51.9 Å². The van der Waals surface area contributed by atoms with Crippen LogP contribution in [0.4, 0.5) is 0 Å². The molecule has 1 aliphatic heterocycles. The fourth-order valence-electron chi connectivity index (χ4n) is 1.96. The monoisotopic (exact) mass is 262 g/mol. The van der Waals surface area contributed by atoms with Crippen LogP contribution >= 0.6 is 0 Å². The minimum atomic E-state index is -0.206. The highest BCUT2D eigenvalue weighted by Gasteiger charge is 2.25. The SMILES string of the molecule is CN1CCOC(c2noc(-c3ncccc3O)n2)C1. The van der Waals surface area contributed by atoms with E-state index >= 15 is 0 Å². The molecule has 0 bridgehead atoms. The molecule has 0 spiro atoms. The van der Waals surface area contributed by atoms with Gasteiger partial charge in [-0.15, -0.1) is 0 Å². The molecule has 3 rings (SSSR count). The predicted molar refractivity (Wildman–Crippen MR) is 65.4 cm³/mol. The Balaban J connectivity index is 1.85. The summed E-state index contributed by atoms with van der Waals surface area (Å²) in [5, 5.41) is 13.6. The molecule has 0 saturated carbocycles. The lowest BCUT2D eigenvalue weighted by Gasteiger charge is -2.27. The number of aromatic hydroxyl groups is 1. The van der Waals surface area contributed by atoms with Gasteiger partial charge in [0.25, 0.3) is 5.89 Å². The van der Waals surface area contributed by atoms with Crippen molar-refractivity contribution in [3.63, 3.8) is 0 Å². The molecule has 2 aromatic heterocycles. The molecule has 1 N–H and O–H groups in total. The molecular weight excluding hydrogens is 248 g/mol. The van der Waals surface area contributed by atoms with Gasteiger partial charge >= 0.3 is 0 Å². The maximum Gasteiger partial charge on any atom is 0.280 e. The third-order valence-corrected chi connectivity index (χ3v) is 2.99. The molecule has 0 aliphatic carbocycles. The van der Waals surface area contributed by atoms with E-state index in [0.717, 1.165) is 6.54 Å². The maximum absolute atomic E-state index is 9.70. The topological polar surface area (TPSA) is 84.5 Å². The highest BCUT2D eigenvalue weighted by Crippen LogP contribution is 2.26. The molecule has 100 valence electrons. The van der Waals surface area contributed by atoms with E-state index in [4.69, 9.17) is 9.26 Å². The van der Waals surface area contributed by atoms with E-state index in [1.165, 1.54) is 6.07 Å². The van der Waals surface area contributed by atoms with Crippen LogP contribution in [0.5, 0.6) is 5.75 Å². The molecule has 7 heteroatoms. The fraction of sp³-hybridized carbons (Fsp3) is 0.417. The standard InChI is InChI=1S/C12H14N4O3/c1-16-5-6-18-9(7-16)11-14-12(19-15-11)10-8(17)3-2-4-13-10/h2-4,9,17H,5-7H2,1H3. The van der Waals surface area contributed by atoms with Gasteiger partial charge < -0.3 is 19.3 Å². The first-order chi connectivity index (χ1) is 9.24. The van der Waals surface area contributed by atoms with E-state index in [-0.39, 0.29) is 23.4 Å². The Morgan fingerprint density at radius 3 is 3.16 bits per heavy atom. The Morgan fingerprint density at radius 1 is 1.47 bits per heavy atom. The lowest BCUT2D eigenvalue weighted by molar-refractivity contribution is -0.0264. The third-order valence-electron chi connectivity index (χ3n) is 2.99. The second-order valence-corrected chi connectivity index (χ2v) is 4.45. The van der Waals surface area contributed by atoms with Gasteiger partial charge in [0.05, 0.1) is 6.61 Å². The summed E-state index contributed by atoms with van der Waals surface area (Å²) in [7, 11) is 2.01. The first kappa shape index (κ1) is 12.1. The van der Waals surface area contributed by atoms with Crippen molar-refractivity contribution < 1.29 is 14.4 Å². The summed E-state index contributed by atoms with van der Waals surface area (Å²) in [6.07, 6.45) is 1.35. The number of morpholine rings is 1. The van der Waals surface area contributed by atoms with Crippen LogP contribution in [0.1, 0.15) is 11.9 Å². The highest BCUT2D eigenvalue weighted by molar-refractivity contribution is 5.55. The molecule has 0 amide bonds. The van der Waals surface area contributed by atoms with E-state index in [1.807, 2.05) is 7.05 Å². The molecule has 7 nitrogen and oxygen atoms in total. The number of likely N-dealkylation sites (N-methyl/N-ethyl adjacent to an activating group) is 1. The van der Waals surface area contributed by atoms with Crippen LogP contribution in [0, 0.1) is 0 Å². The van der Waals surface area contributed by atoms with Crippen molar-refractivity contribution in [1.82, 2.24) is 20.0 Å². The van der Waals surface area contributed by atoms with Crippen LogP contribution in [0.3, 0.4) is 0 Å². The van der Waals surface area contributed by atoms with Crippen molar-refractivity contribution in [2.75, 3.05) is 26.7 Å². The molecule has 0 radical (unpaired) electrons. The van der Waals surface area contributed by atoms with E-state index in [1.54, 1.807) is 12.3 Å². The lowest BCUT2D eigenvalue weighted by Crippen LogP contribution is -2.35. The summed E-state index contributed by atoms with van der Waals surface area (Å²) in [6.45, 7) is 2.25. The smallest absolute Gasteiger partial charge is 0.280 e. The Kier molecular flexibility index (Phi) is 3.14. The molecule has 2 aromatic rings. The fourth-order valence-corrected chi connectivity index (χ4v) is 1.96. The summed E-state index contributed by atoms with van der Waals surface area (Å²) in [6, 6.07) is 3.16. The van der Waals surface area contributed by atoms with Crippen LogP contribution < -0.4 is 0 Å². The molecule has 19 heavy (non-hydrogen) atoms. The number of rotatable bonds is 2. The van der Waals surface area contributed by atoms with Gasteiger partial charge in [0, 0.05) is 19.3 Å². The number of nitrogens with zero attached hydrogens (tertiary/aromatic N) is 4. The molecule has 1 fully saturated rings. The molecule has 1 saturated heterocycles. The number of pyridine rings is 1. The van der Waals surface area contributed by atoms with Gasteiger partial charge in [0.2, 0.25) is 5.82 Å². The summed E-state index contributed by atoms with van der Waals surface area (Å²) in [5.41, 5.74) is 0.283. The summed E-state index contributed by atoms with van der Waals surface area (Å²) >= 11 is 0. The summed E-state index contributed by atoms with van der Waals surface area (Å²) < 4.78 is 10.7. The van der Waals surface area contributed by atoms with Gasteiger partial charge in [-0.05, 0) is 19.2 Å². The van der Waals surface area contributed by atoms with Crippen molar-refractivity contribution in [3.05, 3.63) is 24.2 Å². The van der Waals surface area contributed by atoms with E-state index < -0.39 is 0 Å². The lowest BCUT2D eigenvalue weighted by atomic mass is 10.2. The number of hydrogen-bond donors (Lipinski definition) is 1. The van der Waals surface area contributed by atoms with Crippen molar-refractivity contribution in [2.45, 2.75) is 6.10 Å². The summed E-state index contributed by atoms with van der Waals surface area (Å²) in [5.74, 6) is 0.691. The van der Waals surface area contributed by atoms with Crippen LogP contribution in [0.15, 0.2) is 22.9 Å². The van der Waals surface area contributed by atoms with Gasteiger partial charge in [0.15, 0.2) is 5.69 Å². The predicted octanol–water partition coefficient (Wildman–Crippen LogP) is 0.840. The zero-order chi connectivity index (χ0) is 13.2.